The topological polar surface area (TPSA) is 125 Å². The van der Waals surface area contributed by atoms with E-state index in [0.29, 0.717) is 0 Å². The molecule has 144 valence electrons. The highest BCUT2D eigenvalue weighted by atomic mass is 32.2. The first-order chi connectivity index (χ1) is 12.1. The van der Waals surface area contributed by atoms with Gasteiger partial charge in [0, 0.05) is 13.8 Å². The highest BCUT2D eigenvalue weighted by molar-refractivity contribution is 7.86. The van der Waals surface area contributed by atoms with Crippen molar-refractivity contribution in [2.75, 3.05) is 6.61 Å². The van der Waals surface area contributed by atoms with Crippen LogP contribution in [0.25, 0.3) is 0 Å². The summed E-state index contributed by atoms with van der Waals surface area (Å²) < 4.78 is 44.5. The van der Waals surface area contributed by atoms with E-state index in [9.17, 15) is 23.1 Å². The molecule has 9 nitrogen and oxygen atoms in total. The Morgan fingerprint density at radius 2 is 1.62 bits per heavy atom. The fourth-order valence-electron chi connectivity index (χ4n) is 2.42. The van der Waals surface area contributed by atoms with Crippen LogP contribution in [0.2, 0.25) is 0 Å². The highest BCUT2D eigenvalue weighted by Crippen LogP contribution is 2.27. The summed E-state index contributed by atoms with van der Waals surface area (Å²) in [7, 11) is -4.08. The van der Waals surface area contributed by atoms with Crippen molar-refractivity contribution in [1.29, 1.82) is 0 Å². The summed E-state index contributed by atoms with van der Waals surface area (Å²) in [5, 5.41) is 9.87. The number of benzene rings is 1. The van der Waals surface area contributed by atoms with Crippen LogP contribution in [0.15, 0.2) is 29.2 Å². The summed E-state index contributed by atoms with van der Waals surface area (Å²) in [6.45, 7) is 3.51. The first kappa shape index (κ1) is 20.3. The maximum atomic E-state index is 12.2. The molecule has 0 spiro atoms. The van der Waals surface area contributed by atoms with Crippen LogP contribution in [-0.2, 0) is 38.1 Å². The van der Waals surface area contributed by atoms with Gasteiger partial charge in [-0.05, 0) is 19.1 Å². The van der Waals surface area contributed by atoms with Crippen LogP contribution in [0.4, 0.5) is 0 Å². The average molecular weight is 388 g/mol. The monoisotopic (exact) mass is 388 g/mol. The van der Waals surface area contributed by atoms with Crippen LogP contribution >= 0.6 is 0 Å². The van der Waals surface area contributed by atoms with Crippen molar-refractivity contribution in [2.45, 2.75) is 50.3 Å². The number of rotatable bonds is 6. The summed E-state index contributed by atoms with van der Waals surface area (Å²) in [5.74, 6) is -1.43. The van der Waals surface area contributed by atoms with Crippen molar-refractivity contribution in [3.8, 4) is 0 Å². The van der Waals surface area contributed by atoms with Gasteiger partial charge in [0.15, 0.2) is 18.5 Å². The number of aliphatic hydroxyl groups excluding tert-OH is 1. The lowest BCUT2D eigenvalue weighted by molar-refractivity contribution is -0.174. The lowest BCUT2D eigenvalue weighted by Gasteiger charge is -2.22. The molecule has 1 fully saturated rings. The van der Waals surface area contributed by atoms with Gasteiger partial charge in [0.05, 0.1) is 11.5 Å². The highest BCUT2D eigenvalue weighted by Gasteiger charge is 2.49. The Kier molecular flexibility index (Phi) is 6.34. The second-order valence-electron chi connectivity index (χ2n) is 5.76. The van der Waals surface area contributed by atoms with E-state index in [2.05, 4.69) is 0 Å². The van der Waals surface area contributed by atoms with E-state index >= 15 is 0 Å². The van der Waals surface area contributed by atoms with E-state index in [1.165, 1.54) is 12.1 Å². The molecule has 1 aliphatic heterocycles. The van der Waals surface area contributed by atoms with Crippen LogP contribution < -0.4 is 0 Å². The molecular formula is C16H20O9S. The van der Waals surface area contributed by atoms with E-state index in [0.717, 1.165) is 19.4 Å². The lowest BCUT2D eigenvalue weighted by atomic mass is 10.1. The fraction of sp³-hybridized carbons (Fsp3) is 0.500. The number of carbonyl (C=O) groups excluding carboxylic acids is 2. The molecule has 0 saturated carbocycles. The Morgan fingerprint density at radius 1 is 1.08 bits per heavy atom. The van der Waals surface area contributed by atoms with E-state index in [-0.39, 0.29) is 4.90 Å². The van der Waals surface area contributed by atoms with Gasteiger partial charge in [-0.25, -0.2) is 0 Å². The number of aliphatic hydroxyl groups is 1. The van der Waals surface area contributed by atoms with Gasteiger partial charge in [0.1, 0.15) is 6.10 Å². The standard InChI is InChI=1S/C16H20O9S/c1-9-4-6-12(7-5-9)26(20,21)22-8-13-14(23-10(2)17)15(16(19)25-13)24-11(3)18/h4-7,13-16,19H,8H2,1-3H3/t13-,14-,15+,16?/m0/s1. The number of hydrogen-bond acceptors (Lipinski definition) is 9. The normalized spacial score (nSPS) is 25.7. The lowest BCUT2D eigenvalue weighted by Crippen LogP contribution is -2.41. The van der Waals surface area contributed by atoms with Crippen LogP contribution in [0, 0.1) is 6.92 Å². The molecule has 1 unspecified atom stereocenters. The van der Waals surface area contributed by atoms with Gasteiger partial charge in [-0.2, -0.15) is 8.42 Å². The van der Waals surface area contributed by atoms with Crippen LogP contribution in [0.1, 0.15) is 19.4 Å². The molecule has 1 aromatic rings. The quantitative estimate of drug-likeness (QED) is 0.540. The molecule has 1 saturated heterocycles. The second-order valence-corrected chi connectivity index (χ2v) is 7.38. The molecule has 4 atom stereocenters. The number of ether oxygens (including phenoxy) is 3. The van der Waals surface area contributed by atoms with Crippen molar-refractivity contribution in [2.24, 2.45) is 0 Å². The van der Waals surface area contributed by atoms with Crippen molar-refractivity contribution in [3.05, 3.63) is 29.8 Å². The summed E-state index contributed by atoms with van der Waals surface area (Å²) >= 11 is 0. The van der Waals surface area contributed by atoms with Gasteiger partial charge in [-0.1, -0.05) is 17.7 Å². The van der Waals surface area contributed by atoms with Gasteiger partial charge >= 0.3 is 11.9 Å². The molecule has 2 rings (SSSR count). The predicted octanol–water partition coefficient (Wildman–Crippen LogP) is 0.281. The van der Waals surface area contributed by atoms with Crippen LogP contribution in [0.5, 0.6) is 0 Å². The number of hydrogen-bond donors (Lipinski definition) is 1. The second kappa shape index (κ2) is 8.12. The minimum atomic E-state index is -4.08. The van der Waals surface area contributed by atoms with E-state index in [1.807, 2.05) is 6.92 Å². The van der Waals surface area contributed by atoms with E-state index in [4.69, 9.17) is 18.4 Å². The maximum Gasteiger partial charge on any atom is 0.303 e. The Morgan fingerprint density at radius 3 is 2.15 bits per heavy atom. The molecule has 1 N–H and O–H groups in total. The zero-order valence-corrected chi connectivity index (χ0v) is 15.3. The van der Waals surface area contributed by atoms with E-state index < -0.39 is 53.3 Å². The molecule has 26 heavy (non-hydrogen) atoms. The van der Waals surface area contributed by atoms with E-state index in [1.54, 1.807) is 12.1 Å². The molecule has 0 aliphatic carbocycles. The van der Waals surface area contributed by atoms with Gasteiger partial charge in [-0.3, -0.25) is 13.8 Å². The largest absolute Gasteiger partial charge is 0.455 e. The molecule has 0 aromatic heterocycles. The zero-order chi connectivity index (χ0) is 19.5. The summed E-state index contributed by atoms with van der Waals surface area (Å²) in [6, 6.07) is 6.01. The molecule has 1 aliphatic rings. The minimum Gasteiger partial charge on any atom is -0.455 e. The Bertz CT molecular complexity index is 756. The zero-order valence-electron chi connectivity index (χ0n) is 14.4. The predicted molar refractivity (Wildman–Crippen MR) is 86.3 cm³/mol. The Balaban J connectivity index is 2.12. The third-order valence-electron chi connectivity index (χ3n) is 3.59. The average Bonchev–Trinajstić information content (AvgIpc) is 2.81. The van der Waals surface area contributed by atoms with Gasteiger partial charge in [0.25, 0.3) is 10.1 Å². The van der Waals surface area contributed by atoms with Crippen LogP contribution in [0.3, 0.4) is 0 Å². The Hall–Kier alpha value is -2.01. The van der Waals surface area contributed by atoms with Gasteiger partial charge in [0.2, 0.25) is 0 Å². The maximum absolute atomic E-state index is 12.2. The SMILES string of the molecule is CC(=O)O[C@H]1[C@H](COS(=O)(=O)c2ccc(C)cc2)OC(O)[C@@H]1OC(C)=O. The molecule has 0 bridgehead atoms. The summed E-state index contributed by atoms with van der Waals surface area (Å²) in [4.78, 5) is 22.4. The molecule has 0 amide bonds. The fourth-order valence-corrected chi connectivity index (χ4v) is 3.34. The van der Waals surface area contributed by atoms with Crippen LogP contribution in [-0.4, -0.2) is 56.7 Å². The number of aryl methyl sites for hydroxylation is 1. The van der Waals surface area contributed by atoms with Crippen molar-refractivity contribution >= 4 is 22.1 Å². The molecule has 10 heteroatoms. The molecule has 1 aromatic carbocycles. The van der Waals surface area contributed by atoms with Gasteiger partial charge in [-0.15, -0.1) is 0 Å². The smallest absolute Gasteiger partial charge is 0.303 e. The third kappa shape index (κ3) is 5.01. The third-order valence-corrected chi connectivity index (χ3v) is 4.88. The molecule has 1 heterocycles. The number of carbonyl (C=O) groups is 2. The minimum absolute atomic E-state index is 0.0535. The first-order valence-corrected chi connectivity index (χ1v) is 9.15. The van der Waals surface area contributed by atoms with Crippen molar-refractivity contribution in [3.63, 3.8) is 0 Å². The summed E-state index contributed by atoms with van der Waals surface area (Å²) in [5.41, 5.74) is 0.880. The molecule has 0 radical (unpaired) electrons. The first-order valence-electron chi connectivity index (χ1n) is 7.74. The molecular weight excluding hydrogens is 368 g/mol. The van der Waals surface area contributed by atoms with Gasteiger partial charge < -0.3 is 19.3 Å². The van der Waals surface area contributed by atoms with Crippen molar-refractivity contribution in [1.82, 2.24) is 0 Å². The summed E-state index contributed by atoms with van der Waals surface area (Å²) in [6.07, 6.45) is -5.22. The Labute approximate surface area is 150 Å². The van der Waals surface area contributed by atoms with Crippen molar-refractivity contribution < 1.29 is 41.5 Å². The number of esters is 2.